The average molecular weight is 511 g/mol. The summed E-state index contributed by atoms with van der Waals surface area (Å²) in [7, 11) is 6.63. The van der Waals surface area contributed by atoms with Crippen molar-refractivity contribution in [2.24, 2.45) is 4.99 Å². The lowest BCUT2D eigenvalue weighted by molar-refractivity contribution is 0.355. The molecule has 1 fully saturated rings. The number of hydrogen-bond acceptors (Lipinski definition) is 6. The Morgan fingerprint density at radius 2 is 1.39 bits per heavy atom. The van der Waals surface area contributed by atoms with E-state index in [0.717, 1.165) is 53.2 Å². The van der Waals surface area contributed by atoms with Gasteiger partial charge in [-0.25, -0.2) is 4.99 Å². The van der Waals surface area contributed by atoms with E-state index in [-0.39, 0.29) is 0 Å². The molecule has 1 aliphatic heterocycles. The van der Waals surface area contributed by atoms with Crippen LogP contribution in [-0.2, 0) is 0 Å². The van der Waals surface area contributed by atoms with Crippen molar-refractivity contribution in [3.63, 3.8) is 0 Å². The Labute approximate surface area is 224 Å². The molecular weight excluding hydrogens is 476 g/mol. The first-order chi connectivity index (χ1) is 18.4. The van der Waals surface area contributed by atoms with E-state index in [9.17, 15) is 0 Å². The van der Waals surface area contributed by atoms with Crippen LogP contribution in [0.25, 0.3) is 11.8 Å². The molecule has 3 aromatic carbocycles. The summed E-state index contributed by atoms with van der Waals surface area (Å²) in [6, 6.07) is 16.4. The highest BCUT2D eigenvalue weighted by atomic mass is 16.5. The van der Waals surface area contributed by atoms with Crippen LogP contribution in [-0.4, -0.2) is 34.2 Å². The van der Waals surface area contributed by atoms with Crippen molar-refractivity contribution < 1.29 is 18.9 Å². The maximum absolute atomic E-state index is 5.64. The largest absolute Gasteiger partial charge is 0.493 e. The molecule has 0 bridgehead atoms. The fraction of sp³-hybridized carbons (Fsp3) is 0.281. The number of rotatable bonds is 6. The number of allylic oxidation sites excluding steroid dienone is 2. The SMILES string of the molecule is COc1ccc(/C=C2\CCCC3=C(c4ccc(OC)c(OC)c4)Nc4cc(C)c(C)cc4N=C32)cc1OC. The standard InChI is InChI=1S/C32H34N2O4/c1-19-14-25-26(15-20(19)2)34-32(23-11-13-28(36-4)30(18-23)38-6)24-9-7-8-22(31(24)33-25)16-21-10-12-27(35-3)29(17-21)37-5/h10-18,34H,7-9H2,1-6H3/b22-16+. The monoisotopic (exact) mass is 510 g/mol. The third-order valence-corrected chi connectivity index (χ3v) is 7.29. The van der Waals surface area contributed by atoms with Gasteiger partial charge in [0.15, 0.2) is 23.0 Å². The van der Waals surface area contributed by atoms with Crippen molar-refractivity contribution >= 4 is 28.9 Å². The number of aliphatic imine (C=N–C) groups is 1. The minimum Gasteiger partial charge on any atom is -0.493 e. The van der Waals surface area contributed by atoms with Crippen molar-refractivity contribution in [1.82, 2.24) is 0 Å². The molecule has 2 aliphatic rings. The van der Waals surface area contributed by atoms with Gasteiger partial charge >= 0.3 is 0 Å². The predicted octanol–water partition coefficient (Wildman–Crippen LogP) is 7.51. The van der Waals surface area contributed by atoms with Crippen molar-refractivity contribution in [1.29, 1.82) is 0 Å². The van der Waals surface area contributed by atoms with Crippen LogP contribution in [0, 0.1) is 13.8 Å². The van der Waals surface area contributed by atoms with Crippen LogP contribution in [0.4, 0.5) is 11.4 Å². The highest BCUT2D eigenvalue weighted by Gasteiger charge is 2.27. The number of anilines is 1. The van der Waals surface area contributed by atoms with Gasteiger partial charge in [-0.05, 0) is 104 Å². The Morgan fingerprint density at radius 3 is 2.11 bits per heavy atom. The molecule has 5 rings (SSSR count). The van der Waals surface area contributed by atoms with Crippen molar-refractivity contribution in [3.05, 3.63) is 81.9 Å². The van der Waals surface area contributed by atoms with Gasteiger partial charge in [-0.15, -0.1) is 0 Å². The lowest BCUT2D eigenvalue weighted by Gasteiger charge is -2.23. The number of benzene rings is 3. The average Bonchev–Trinajstić information content (AvgIpc) is 3.10. The summed E-state index contributed by atoms with van der Waals surface area (Å²) in [5, 5.41) is 3.75. The number of fused-ring (bicyclic) bond motifs is 2. The van der Waals surface area contributed by atoms with Crippen molar-refractivity contribution in [3.8, 4) is 23.0 Å². The first kappa shape index (κ1) is 25.5. The van der Waals surface area contributed by atoms with Crippen LogP contribution in [0.2, 0.25) is 0 Å². The molecule has 6 nitrogen and oxygen atoms in total. The van der Waals surface area contributed by atoms with E-state index in [1.165, 1.54) is 22.3 Å². The van der Waals surface area contributed by atoms with Crippen LogP contribution in [0.1, 0.15) is 41.5 Å². The lowest BCUT2D eigenvalue weighted by atomic mass is 9.84. The zero-order valence-corrected chi connectivity index (χ0v) is 22.9. The zero-order chi connectivity index (χ0) is 26.8. The second kappa shape index (κ2) is 10.7. The third-order valence-electron chi connectivity index (χ3n) is 7.29. The Morgan fingerprint density at radius 1 is 0.737 bits per heavy atom. The van der Waals surface area contributed by atoms with Gasteiger partial charge < -0.3 is 24.3 Å². The van der Waals surface area contributed by atoms with Crippen molar-refractivity contribution in [2.75, 3.05) is 33.8 Å². The summed E-state index contributed by atoms with van der Waals surface area (Å²) in [6.45, 7) is 4.26. The second-order valence-electron chi connectivity index (χ2n) is 9.60. The van der Waals surface area contributed by atoms with E-state index in [4.69, 9.17) is 23.9 Å². The van der Waals surface area contributed by atoms with Gasteiger partial charge in [0.2, 0.25) is 0 Å². The van der Waals surface area contributed by atoms with Crippen LogP contribution in [0.3, 0.4) is 0 Å². The fourth-order valence-electron chi connectivity index (χ4n) is 5.12. The molecule has 1 aliphatic carbocycles. The number of hydrogen-bond donors (Lipinski definition) is 1. The normalized spacial score (nSPS) is 15.6. The van der Waals surface area contributed by atoms with Crippen LogP contribution < -0.4 is 24.3 Å². The smallest absolute Gasteiger partial charge is 0.161 e. The van der Waals surface area contributed by atoms with Gasteiger partial charge in [-0.2, -0.15) is 0 Å². The van der Waals surface area contributed by atoms with E-state index in [1.807, 2.05) is 24.3 Å². The summed E-state index contributed by atoms with van der Waals surface area (Å²) in [5.41, 5.74) is 10.9. The number of nitrogens with zero attached hydrogens (tertiary/aromatic N) is 1. The maximum Gasteiger partial charge on any atom is 0.161 e. The van der Waals surface area contributed by atoms with Gasteiger partial charge in [-0.1, -0.05) is 6.07 Å². The quantitative estimate of drug-likeness (QED) is 0.372. The molecule has 1 saturated carbocycles. The molecule has 0 aromatic heterocycles. The van der Waals surface area contributed by atoms with E-state index in [2.05, 4.69) is 49.5 Å². The molecule has 0 amide bonds. The molecule has 1 heterocycles. The molecule has 196 valence electrons. The number of aryl methyl sites for hydroxylation is 2. The minimum absolute atomic E-state index is 0.694. The molecule has 0 spiro atoms. The second-order valence-corrected chi connectivity index (χ2v) is 9.60. The van der Waals surface area contributed by atoms with Crippen LogP contribution in [0.5, 0.6) is 23.0 Å². The summed E-state index contributed by atoms with van der Waals surface area (Å²) in [4.78, 5) is 5.29. The van der Waals surface area contributed by atoms with E-state index < -0.39 is 0 Å². The fourth-order valence-corrected chi connectivity index (χ4v) is 5.12. The Kier molecular flexibility index (Phi) is 7.14. The Bertz CT molecular complexity index is 1480. The van der Waals surface area contributed by atoms with Crippen LogP contribution in [0.15, 0.2) is 64.7 Å². The molecule has 6 heteroatoms. The van der Waals surface area contributed by atoms with Gasteiger partial charge in [-0.3, -0.25) is 0 Å². The van der Waals surface area contributed by atoms with E-state index >= 15 is 0 Å². The van der Waals surface area contributed by atoms with Crippen LogP contribution >= 0.6 is 0 Å². The highest BCUT2D eigenvalue weighted by molar-refractivity contribution is 6.22. The molecule has 1 N–H and O–H groups in total. The molecule has 0 radical (unpaired) electrons. The van der Waals surface area contributed by atoms with Gasteiger partial charge in [0, 0.05) is 11.1 Å². The maximum atomic E-state index is 5.64. The topological polar surface area (TPSA) is 61.3 Å². The first-order valence-electron chi connectivity index (χ1n) is 12.8. The number of ether oxygens (including phenoxy) is 4. The predicted molar refractivity (Wildman–Crippen MR) is 154 cm³/mol. The van der Waals surface area contributed by atoms with Gasteiger partial charge in [0.25, 0.3) is 0 Å². The lowest BCUT2D eigenvalue weighted by Crippen LogP contribution is -2.16. The van der Waals surface area contributed by atoms with E-state index in [1.54, 1.807) is 28.4 Å². The molecule has 0 atom stereocenters. The highest BCUT2D eigenvalue weighted by Crippen LogP contribution is 2.43. The molecule has 0 saturated heterocycles. The zero-order valence-electron chi connectivity index (χ0n) is 22.9. The van der Waals surface area contributed by atoms with Crippen molar-refractivity contribution in [2.45, 2.75) is 33.1 Å². The van der Waals surface area contributed by atoms with E-state index in [0.29, 0.717) is 23.0 Å². The third kappa shape index (κ3) is 4.74. The summed E-state index contributed by atoms with van der Waals surface area (Å²) in [5.74, 6) is 2.82. The molecule has 3 aromatic rings. The summed E-state index contributed by atoms with van der Waals surface area (Å²) in [6.07, 6.45) is 5.11. The first-order valence-corrected chi connectivity index (χ1v) is 12.8. The Balaban J connectivity index is 1.71. The summed E-state index contributed by atoms with van der Waals surface area (Å²) >= 11 is 0. The summed E-state index contributed by atoms with van der Waals surface area (Å²) < 4.78 is 22.1. The van der Waals surface area contributed by atoms with Gasteiger partial charge in [0.05, 0.1) is 51.2 Å². The molecule has 38 heavy (non-hydrogen) atoms. The molecular formula is C32H34N2O4. The number of methoxy groups -OCH3 is 4. The minimum atomic E-state index is 0.694. The van der Waals surface area contributed by atoms with Gasteiger partial charge in [0.1, 0.15) is 0 Å². The Hall–Kier alpha value is -4.19. The number of nitrogens with one attached hydrogen (secondary N) is 1. The molecule has 0 unspecified atom stereocenters.